The van der Waals surface area contributed by atoms with Crippen molar-refractivity contribution in [2.24, 2.45) is 17.8 Å². The Bertz CT molecular complexity index is 1070. The monoisotopic (exact) mass is 505 g/mol. The molecule has 7 heteroatoms. The molecule has 1 aromatic carbocycles. The standard InChI is InChI=1S/C30H40BNO5/c1-3-7-21-17-24-28(30(35)32(29(24)34)22-8-5-4-6-9-22)25-18-31(36)37-26(27(21)25)15-10-19(2)16-20-11-13-23(33)14-12-20/h11-14,16,22,24-26,28,33,36H,3-10,15,17-18H2,1-2H3/b19-16+/t24-,25+,26-,28-/m1/s1. The van der Waals surface area contributed by atoms with E-state index in [2.05, 4.69) is 19.9 Å². The van der Waals surface area contributed by atoms with E-state index in [1.54, 1.807) is 17.0 Å². The van der Waals surface area contributed by atoms with Crippen LogP contribution in [0.2, 0.25) is 6.32 Å². The molecule has 2 amide bonds. The molecule has 2 heterocycles. The van der Waals surface area contributed by atoms with E-state index >= 15 is 0 Å². The smallest absolute Gasteiger partial charge is 0.455 e. The molecule has 4 aliphatic rings. The third-order valence-electron chi connectivity index (χ3n) is 8.94. The number of hydrogen-bond acceptors (Lipinski definition) is 5. The van der Waals surface area contributed by atoms with E-state index in [9.17, 15) is 19.7 Å². The summed E-state index contributed by atoms with van der Waals surface area (Å²) in [6, 6.07) is 7.19. The summed E-state index contributed by atoms with van der Waals surface area (Å²) >= 11 is 0. The molecule has 0 spiro atoms. The molecule has 2 aliphatic heterocycles. The number of imide groups is 1. The highest BCUT2D eigenvalue weighted by atomic mass is 16.5. The number of fused-ring (bicyclic) bond motifs is 3. The van der Waals surface area contributed by atoms with E-state index in [0.717, 1.165) is 56.9 Å². The lowest BCUT2D eigenvalue weighted by molar-refractivity contribution is -0.143. The first kappa shape index (κ1) is 26.2. The minimum absolute atomic E-state index is 0.00351. The van der Waals surface area contributed by atoms with Crippen LogP contribution < -0.4 is 0 Å². The fourth-order valence-corrected chi connectivity index (χ4v) is 7.31. The van der Waals surface area contributed by atoms with E-state index in [-0.39, 0.29) is 47.5 Å². The Balaban J connectivity index is 1.39. The molecule has 3 fully saturated rings. The van der Waals surface area contributed by atoms with Gasteiger partial charge in [-0.3, -0.25) is 14.5 Å². The number of rotatable bonds is 7. The molecule has 2 saturated heterocycles. The van der Waals surface area contributed by atoms with E-state index in [0.29, 0.717) is 12.7 Å². The summed E-state index contributed by atoms with van der Waals surface area (Å²) in [6.45, 7) is 4.24. The summed E-state index contributed by atoms with van der Waals surface area (Å²) in [5, 5.41) is 20.3. The first-order valence-electron chi connectivity index (χ1n) is 14.3. The third kappa shape index (κ3) is 5.30. The molecule has 0 aromatic heterocycles. The Kier molecular flexibility index (Phi) is 7.92. The second-order valence-corrected chi connectivity index (χ2v) is 11.5. The van der Waals surface area contributed by atoms with Crippen molar-refractivity contribution >= 4 is 25.0 Å². The van der Waals surface area contributed by atoms with Crippen molar-refractivity contribution in [3.8, 4) is 5.75 Å². The van der Waals surface area contributed by atoms with Crippen LogP contribution >= 0.6 is 0 Å². The number of benzene rings is 1. The summed E-state index contributed by atoms with van der Waals surface area (Å²) < 4.78 is 6.13. The highest BCUT2D eigenvalue weighted by Gasteiger charge is 2.58. The summed E-state index contributed by atoms with van der Waals surface area (Å²) in [7, 11) is -0.923. The Morgan fingerprint density at radius 3 is 2.54 bits per heavy atom. The van der Waals surface area contributed by atoms with Gasteiger partial charge in [0.25, 0.3) is 0 Å². The van der Waals surface area contributed by atoms with Crippen LogP contribution in [-0.4, -0.2) is 46.1 Å². The van der Waals surface area contributed by atoms with Gasteiger partial charge in [-0.15, -0.1) is 0 Å². The average molecular weight is 505 g/mol. The third-order valence-corrected chi connectivity index (χ3v) is 8.94. The summed E-state index contributed by atoms with van der Waals surface area (Å²) in [4.78, 5) is 29.1. The van der Waals surface area contributed by atoms with Crippen LogP contribution in [0.3, 0.4) is 0 Å². The maximum absolute atomic E-state index is 13.8. The van der Waals surface area contributed by atoms with Crippen LogP contribution in [0, 0.1) is 17.8 Å². The molecule has 6 nitrogen and oxygen atoms in total. The zero-order valence-corrected chi connectivity index (χ0v) is 22.2. The molecule has 0 radical (unpaired) electrons. The zero-order chi connectivity index (χ0) is 26.1. The number of phenolic OH excluding ortho intramolecular Hbond substituents is 1. The fraction of sp³-hybridized carbons (Fsp3) is 0.600. The largest absolute Gasteiger partial charge is 0.508 e. The molecule has 2 N–H and O–H groups in total. The maximum Gasteiger partial charge on any atom is 0.455 e. The molecule has 1 aromatic rings. The Hall–Kier alpha value is -2.38. The predicted molar refractivity (Wildman–Crippen MR) is 144 cm³/mol. The van der Waals surface area contributed by atoms with Gasteiger partial charge in [0, 0.05) is 6.04 Å². The van der Waals surface area contributed by atoms with Gasteiger partial charge in [-0.25, -0.2) is 0 Å². The number of phenols is 1. The van der Waals surface area contributed by atoms with Gasteiger partial charge in [-0.05, 0) is 81.0 Å². The van der Waals surface area contributed by atoms with Crippen LogP contribution in [-0.2, 0) is 14.2 Å². The van der Waals surface area contributed by atoms with Crippen molar-refractivity contribution in [2.75, 3.05) is 0 Å². The molecule has 4 atom stereocenters. The Morgan fingerprint density at radius 1 is 1.11 bits per heavy atom. The normalized spacial score (nSPS) is 29.1. The minimum atomic E-state index is -0.923. The molecule has 1 saturated carbocycles. The van der Waals surface area contributed by atoms with Crippen molar-refractivity contribution in [1.82, 2.24) is 4.90 Å². The first-order valence-corrected chi connectivity index (χ1v) is 14.3. The van der Waals surface area contributed by atoms with E-state index < -0.39 is 7.12 Å². The Morgan fingerprint density at radius 2 is 1.84 bits per heavy atom. The highest BCUT2D eigenvalue weighted by Crippen LogP contribution is 2.52. The van der Waals surface area contributed by atoms with Crippen molar-refractivity contribution in [2.45, 2.75) is 96.5 Å². The topological polar surface area (TPSA) is 87.1 Å². The van der Waals surface area contributed by atoms with E-state index in [4.69, 9.17) is 4.65 Å². The number of amides is 2. The molecule has 0 bridgehead atoms. The van der Waals surface area contributed by atoms with Gasteiger partial charge >= 0.3 is 7.12 Å². The number of carbonyl (C=O) groups is 2. The number of nitrogens with zero attached hydrogens (tertiary/aromatic N) is 1. The predicted octanol–water partition coefficient (Wildman–Crippen LogP) is 5.51. The van der Waals surface area contributed by atoms with Crippen LogP contribution in [0.1, 0.15) is 83.6 Å². The number of allylic oxidation sites excluding steroid dienone is 2. The van der Waals surface area contributed by atoms with Crippen molar-refractivity contribution in [3.05, 3.63) is 46.5 Å². The molecule has 0 unspecified atom stereocenters. The van der Waals surface area contributed by atoms with Crippen LogP contribution in [0.15, 0.2) is 41.0 Å². The quantitative estimate of drug-likeness (QED) is 0.290. The molecule has 37 heavy (non-hydrogen) atoms. The average Bonchev–Trinajstić information content (AvgIpc) is 3.14. The summed E-state index contributed by atoms with van der Waals surface area (Å²) in [5.74, 6) is -0.499. The van der Waals surface area contributed by atoms with Gasteiger partial charge in [0.2, 0.25) is 11.8 Å². The fourth-order valence-electron chi connectivity index (χ4n) is 7.31. The van der Waals surface area contributed by atoms with E-state index in [1.165, 1.54) is 23.1 Å². The first-order chi connectivity index (χ1) is 17.9. The van der Waals surface area contributed by atoms with Crippen LogP contribution in [0.5, 0.6) is 5.75 Å². The van der Waals surface area contributed by atoms with Crippen LogP contribution in [0.4, 0.5) is 0 Å². The van der Waals surface area contributed by atoms with Crippen LogP contribution in [0.25, 0.3) is 6.08 Å². The molecular weight excluding hydrogens is 465 g/mol. The number of carbonyl (C=O) groups excluding carboxylic acids is 2. The lowest BCUT2D eigenvalue weighted by Crippen LogP contribution is -2.46. The van der Waals surface area contributed by atoms with Gasteiger partial charge in [0.05, 0.1) is 17.9 Å². The number of likely N-dealkylation sites (tertiary alicyclic amines) is 1. The minimum Gasteiger partial charge on any atom is -0.508 e. The summed E-state index contributed by atoms with van der Waals surface area (Å²) in [6.07, 6.45) is 11.5. The Labute approximate surface area is 220 Å². The number of aromatic hydroxyl groups is 1. The number of hydrogen-bond donors (Lipinski definition) is 2. The van der Waals surface area contributed by atoms with Gasteiger partial charge in [-0.2, -0.15) is 0 Å². The van der Waals surface area contributed by atoms with Crippen molar-refractivity contribution < 1.29 is 24.4 Å². The lowest BCUT2D eigenvalue weighted by Gasteiger charge is -2.43. The lowest BCUT2D eigenvalue weighted by atomic mass is 9.58. The maximum atomic E-state index is 13.8. The van der Waals surface area contributed by atoms with E-state index in [1.807, 2.05) is 12.1 Å². The van der Waals surface area contributed by atoms with Crippen molar-refractivity contribution in [1.29, 1.82) is 0 Å². The van der Waals surface area contributed by atoms with Gasteiger partial charge in [-0.1, -0.05) is 62.0 Å². The second-order valence-electron chi connectivity index (χ2n) is 11.5. The summed E-state index contributed by atoms with van der Waals surface area (Å²) in [5.41, 5.74) is 4.69. The van der Waals surface area contributed by atoms with Crippen molar-refractivity contribution in [3.63, 3.8) is 0 Å². The highest BCUT2D eigenvalue weighted by molar-refractivity contribution is 6.43. The van der Waals surface area contributed by atoms with Gasteiger partial charge in [0.15, 0.2) is 0 Å². The molecular formula is C30H40BNO5. The second kappa shape index (κ2) is 11.2. The van der Waals surface area contributed by atoms with Gasteiger partial charge < -0.3 is 14.8 Å². The SMILES string of the molecule is CCCC1=C2[C@@H](CC/C(C)=C/c3ccc(O)cc3)OB(O)C[C@@H]2[C@@H]2C(=O)N(C3CCCCC3)C(=O)[C@@H]2C1. The van der Waals surface area contributed by atoms with Gasteiger partial charge in [0.1, 0.15) is 5.75 Å². The zero-order valence-electron chi connectivity index (χ0n) is 22.2. The molecule has 2 aliphatic carbocycles. The molecule has 198 valence electrons. The molecule has 5 rings (SSSR count).